The molecule has 2 atom stereocenters. The summed E-state index contributed by atoms with van der Waals surface area (Å²) >= 11 is 0. The highest BCUT2D eigenvalue weighted by molar-refractivity contribution is 7.84. The number of pyridine rings is 1. The quantitative estimate of drug-likeness (QED) is 0.763. The number of ether oxygens (including phenoxy) is 1. The lowest BCUT2D eigenvalue weighted by molar-refractivity contribution is 0.0601. The van der Waals surface area contributed by atoms with Crippen LogP contribution in [0.5, 0.6) is 0 Å². The fourth-order valence-corrected chi connectivity index (χ4v) is 1.56. The first-order chi connectivity index (χ1) is 8.45. The van der Waals surface area contributed by atoms with E-state index in [-0.39, 0.29) is 10.8 Å². The molecule has 0 aliphatic heterocycles. The van der Waals surface area contributed by atoms with Crippen LogP contribution in [0.2, 0.25) is 0 Å². The largest absolute Gasteiger partial charge is 0.465 e. The van der Waals surface area contributed by atoms with Crippen LogP contribution in [0, 0.1) is 0 Å². The van der Waals surface area contributed by atoms with Crippen molar-refractivity contribution in [2.24, 2.45) is 0 Å². The lowest BCUT2D eigenvalue weighted by Gasteiger charge is -2.13. The molecule has 1 aromatic heterocycles. The Hall–Kier alpha value is -1.63. The van der Waals surface area contributed by atoms with E-state index >= 15 is 0 Å². The van der Waals surface area contributed by atoms with Crippen LogP contribution in [0.4, 0.5) is 11.5 Å². The van der Waals surface area contributed by atoms with Crippen molar-refractivity contribution in [2.45, 2.75) is 12.2 Å². The van der Waals surface area contributed by atoms with Gasteiger partial charge in [0.2, 0.25) is 0 Å². The summed E-state index contributed by atoms with van der Waals surface area (Å²) in [4.78, 5) is 15.6. The normalized spacial score (nSPS) is 13.7. The molecule has 3 N–H and O–H groups in total. The topological polar surface area (TPSA) is 94.3 Å². The molecule has 1 heterocycles. The third-order valence-corrected chi connectivity index (χ3v) is 3.74. The summed E-state index contributed by atoms with van der Waals surface area (Å²) in [5.41, 5.74) is 6.23. The predicted octanol–water partition coefficient (Wildman–Crippen LogP) is 0.629. The monoisotopic (exact) mass is 271 g/mol. The van der Waals surface area contributed by atoms with Gasteiger partial charge in [0.25, 0.3) is 0 Å². The SMILES string of the molecule is COC(=O)c1cc(N)cnc1NCC(C)S(C)=O. The molecular formula is C11H17N3O3S. The lowest BCUT2D eigenvalue weighted by Crippen LogP contribution is -2.22. The molecule has 1 aromatic rings. The third kappa shape index (κ3) is 3.69. The van der Waals surface area contributed by atoms with Crippen molar-refractivity contribution in [2.75, 3.05) is 31.0 Å². The number of rotatable bonds is 5. The van der Waals surface area contributed by atoms with Gasteiger partial charge in [0.1, 0.15) is 11.4 Å². The fourth-order valence-electron chi connectivity index (χ4n) is 1.25. The van der Waals surface area contributed by atoms with E-state index in [1.54, 1.807) is 6.26 Å². The number of nitrogens with one attached hydrogen (secondary N) is 1. The van der Waals surface area contributed by atoms with Crippen LogP contribution in [0.25, 0.3) is 0 Å². The van der Waals surface area contributed by atoms with Gasteiger partial charge in [0.05, 0.1) is 19.0 Å². The summed E-state index contributed by atoms with van der Waals surface area (Å²) in [5.74, 6) is -0.129. The first-order valence-corrected chi connectivity index (χ1v) is 6.97. The van der Waals surface area contributed by atoms with Gasteiger partial charge in [0.15, 0.2) is 0 Å². The Morgan fingerprint density at radius 1 is 1.67 bits per heavy atom. The fraction of sp³-hybridized carbons (Fsp3) is 0.455. The number of hydrogen-bond acceptors (Lipinski definition) is 6. The van der Waals surface area contributed by atoms with Crippen LogP contribution >= 0.6 is 0 Å². The molecule has 0 amide bonds. The van der Waals surface area contributed by atoms with E-state index in [0.29, 0.717) is 18.1 Å². The summed E-state index contributed by atoms with van der Waals surface area (Å²) in [6, 6.07) is 1.49. The summed E-state index contributed by atoms with van der Waals surface area (Å²) in [6.45, 7) is 2.29. The van der Waals surface area contributed by atoms with Crippen molar-refractivity contribution in [1.29, 1.82) is 0 Å². The summed E-state index contributed by atoms with van der Waals surface area (Å²) in [6.07, 6.45) is 3.08. The number of carbonyl (C=O) groups excluding carboxylic acids is 1. The highest BCUT2D eigenvalue weighted by atomic mass is 32.2. The van der Waals surface area contributed by atoms with Crippen molar-refractivity contribution in [1.82, 2.24) is 4.98 Å². The smallest absolute Gasteiger partial charge is 0.341 e. The van der Waals surface area contributed by atoms with E-state index in [1.807, 2.05) is 6.92 Å². The van der Waals surface area contributed by atoms with E-state index in [9.17, 15) is 9.00 Å². The maximum absolute atomic E-state index is 11.5. The molecule has 0 aliphatic carbocycles. The van der Waals surface area contributed by atoms with Gasteiger partial charge < -0.3 is 15.8 Å². The standard InChI is InChI=1S/C11H17N3O3S/c1-7(18(3)16)5-13-10-9(11(15)17-2)4-8(12)6-14-10/h4,6-7H,5,12H2,1-3H3,(H,13,14). The maximum Gasteiger partial charge on any atom is 0.341 e. The minimum absolute atomic E-state index is 0.0464. The number of methoxy groups -OCH3 is 1. The number of esters is 1. The number of nitrogens with zero attached hydrogens (tertiary/aromatic N) is 1. The van der Waals surface area contributed by atoms with Crippen LogP contribution < -0.4 is 11.1 Å². The molecule has 6 nitrogen and oxygen atoms in total. The number of hydrogen-bond donors (Lipinski definition) is 2. The van der Waals surface area contributed by atoms with Crippen molar-refractivity contribution in [3.05, 3.63) is 17.8 Å². The highest BCUT2D eigenvalue weighted by Crippen LogP contribution is 2.16. The van der Waals surface area contributed by atoms with Crippen molar-refractivity contribution >= 4 is 28.3 Å². The zero-order chi connectivity index (χ0) is 13.7. The Labute approximate surface area is 108 Å². The molecule has 0 aliphatic rings. The summed E-state index contributed by atoms with van der Waals surface area (Å²) < 4.78 is 15.9. The molecule has 0 bridgehead atoms. The average Bonchev–Trinajstić information content (AvgIpc) is 2.35. The van der Waals surface area contributed by atoms with Gasteiger partial charge in [0, 0.05) is 28.9 Å². The minimum atomic E-state index is -0.939. The number of nitrogens with two attached hydrogens (primary N) is 1. The van der Waals surface area contributed by atoms with Gasteiger partial charge in [-0.15, -0.1) is 0 Å². The molecule has 18 heavy (non-hydrogen) atoms. The molecular weight excluding hydrogens is 254 g/mol. The second-order valence-electron chi connectivity index (χ2n) is 3.85. The van der Waals surface area contributed by atoms with Gasteiger partial charge in [-0.3, -0.25) is 4.21 Å². The number of carbonyl (C=O) groups is 1. The molecule has 0 fully saturated rings. The van der Waals surface area contributed by atoms with Crippen LogP contribution in [0.1, 0.15) is 17.3 Å². The molecule has 0 saturated heterocycles. The van der Waals surface area contributed by atoms with Crippen LogP contribution in [0.3, 0.4) is 0 Å². The molecule has 2 unspecified atom stereocenters. The van der Waals surface area contributed by atoms with Crippen LogP contribution in [0.15, 0.2) is 12.3 Å². The molecule has 1 rings (SSSR count). The Morgan fingerprint density at radius 2 is 2.33 bits per heavy atom. The Bertz CT molecular complexity index is 465. The molecule has 7 heteroatoms. The van der Waals surface area contributed by atoms with Crippen LogP contribution in [-0.2, 0) is 15.5 Å². The van der Waals surface area contributed by atoms with Crippen molar-refractivity contribution in [3.63, 3.8) is 0 Å². The molecule has 0 spiro atoms. The van der Waals surface area contributed by atoms with Gasteiger partial charge in [-0.1, -0.05) is 0 Å². The third-order valence-electron chi connectivity index (χ3n) is 2.44. The van der Waals surface area contributed by atoms with Gasteiger partial charge >= 0.3 is 5.97 Å². The molecule has 100 valence electrons. The highest BCUT2D eigenvalue weighted by Gasteiger charge is 2.15. The number of nitrogen functional groups attached to an aromatic ring is 1. The van der Waals surface area contributed by atoms with Gasteiger partial charge in [-0.2, -0.15) is 0 Å². The molecule has 0 radical (unpaired) electrons. The van der Waals surface area contributed by atoms with Gasteiger partial charge in [-0.25, -0.2) is 9.78 Å². The first-order valence-electron chi connectivity index (χ1n) is 5.35. The molecule has 0 saturated carbocycles. The van der Waals surface area contributed by atoms with E-state index in [1.165, 1.54) is 19.4 Å². The van der Waals surface area contributed by atoms with E-state index in [2.05, 4.69) is 15.0 Å². The van der Waals surface area contributed by atoms with Gasteiger partial charge in [-0.05, 0) is 13.0 Å². The number of anilines is 2. The average molecular weight is 271 g/mol. The Kier molecular flexibility index (Phi) is 5.08. The summed E-state index contributed by atoms with van der Waals surface area (Å²) in [7, 11) is 0.352. The predicted molar refractivity (Wildman–Crippen MR) is 72.0 cm³/mol. The summed E-state index contributed by atoms with van der Waals surface area (Å²) in [5, 5.41) is 2.93. The zero-order valence-electron chi connectivity index (χ0n) is 10.6. The lowest BCUT2D eigenvalue weighted by atomic mass is 10.2. The van der Waals surface area contributed by atoms with E-state index < -0.39 is 16.8 Å². The molecule has 0 aromatic carbocycles. The maximum atomic E-state index is 11.5. The van der Waals surface area contributed by atoms with Crippen molar-refractivity contribution < 1.29 is 13.7 Å². The van der Waals surface area contributed by atoms with Crippen LogP contribution in [-0.4, -0.2) is 40.3 Å². The van der Waals surface area contributed by atoms with E-state index in [4.69, 9.17) is 5.73 Å². The van der Waals surface area contributed by atoms with Crippen molar-refractivity contribution in [3.8, 4) is 0 Å². The first kappa shape index (κ1) is 14.4. The van der Waals surface area contributed by atoms with E-state index in [0.717, 1.165) is 0 Å². The number of aromatic nitrogens is 1. The Morgan fingerprint density at radius 3 is 2.89 bits per heavy atom. The second-order valence-corrected chi connectivity index (χ2v) is 5.65. The Balaban J connectivity index is 2.88. The minimum Gasteiger partial charge on any atom is -0.465 e. The second kappa shape index (κ2) is 6.34. The zero-order valence-corrected chi connectivity index (χ0v) is 11.4.